The van der Waals surface area contributed by atoms with E-state index in [9.17, 15) is 14.0 Å². The summed E-state index contributed by atoms with van der Waals surface area (Å²) in [6.45, 7) is 0.151. The molecule has 1 rings (SSSR count). The maximum Gasteiger partial charge on any atom is 0.335 e. The van der Waals surface area contributed by atoms with E-state index in [2.05, 4.69) is 4.74 Å². The number of rotatable bonds is 6. The predicted molar refractivity (Wildman–Crippen MR) is 60.1 cm³/mol. The third kappa shape index (κ3) is 4.04. The standard InChI is InChI=1S/C12H13FO5/c1-17-11(14)3-2-6-18-10-5-4-8(12(15)16)7-9(10)13/h4-5,7H,2-3,6H2,1H3,(H,15,16). The van der Waals surface area contributed by atoms with Crippen LogP contribution in [0.3, 0.4) is 0 Å². The predicted octanol–water partition coefficient (Wildman–Crippen LogP) is 1.86. The lowest BCUT2D eigenvalue weighted by Crippen LogP contribution is -2.05. The van der Waals surface area contributed by atoms with Crippen LogP contribution in [-0.2, 0) is 9.53 Å². The Bertz CT molecular complexity index is 444. The van der Waals surface area contributed by atoms with Gasteiger partial charge in [0.1, 0.15) is 0 Å². The average molecular weight is 256 g/mol. The van der Waals surface area contributed by atoms with E-state index in [0.717, 1.165) is 6.07 Å². The van der Waals surface area contributed by atoms with Crippen molar-refractivity contribution in [1.29, 1.82) is 0 Å². The van der Waals surface area contributed by atoms with E-state index in [-0.39, 0.29) is 30.3 Å². The van der Waals surface area contributed by atoms with Gasteiger partial charge in [-0.2, -0.15) is 0 Å². The van der Waals surface area contributed by atoms with Crippen molar-refractivity contribution in [2.24, 2.45) is 0 Å². The van der Waals surface area contributed by atoms with Gasteiger partial charge in [-0.05, 0) is 24.6 Å². The quantitative estimate of drug-likeness (QED) is 0.621. The van der Waals surface area contributed by atoms with Crippen LogP contribution in [0.25, 0.3) is 0 Å². The van der Waals surface area contributed by atoms with Crippen molar-refractivity contribution >= 4 is 11.9 Å². The Morgan fingerprint density at radius 2 is 2.11 bits per heavy atom. The summed E-state index contributed by atoms with van der Waals surface area (Å²) in [5, 5.41) is 8.64. The van der Waals surface area contributed by atoms with Crippen LogP contribution in [0.1, 0.15) is 23.2 Å². The molecular weight excluding hydrogens is 243 g/mol. The van der Waals surface area contributed by atoms with Gasteiger partial charge in [0.25, 0.3) is 0 Å². The minimum Gasteiger partial charge on any atom is -0.491 e. The molecule has 0 radical (unpaired) electrons. The number of carboxylic acid groups (broad SMARTS) is 1. The molecule has 1 aromatic carbocycles. The highest BCUT2D eigenvalue weighted by Gasteiger charge is 2.09. The minimum atomic E-state index is -1.20. The fourth-order valence-electron chi connectivity index (χ4n) is 1.25. The van der Waals surface area contributed by atoms with Gasteiger partial charge in [0.2, 0.25) is 0 Å². The molecule has 0 aromatic heterocycles. The van der Waals surface area contributed by atoms with E-state index < -0.39 is 11.8 Å². The molecule has 0 aliphatic carbocycles. The van der Waals surface area contributed by atoms with Crippen LogP contribution in [0.2, 0.25) is 0 Å². The highest BCUT2D eigenvalue weighted by molar-refractivity contribution is 5.87. The lowest BCUT2D eigenvalue weighted by atomic mass is 10.2. The summed E-state index contributed by atoms with van der Waals surface area (Å²) in [5.41, 5.74) is -0.144. The fourth-order valence-corrected chi connectivity index (χ4v) is 1.25. The van der Waals surface area contributed by atoms with Crippen molar-refractivity contribution in [1.82, 2.24) is 0 Å². The topological polar surface area (TPSA) is 72.8 Å². The maximum absolute atomic E-state index is 13.4. The number of benzene rings is 1. The Labute approximate surface area is 103 Å². The number of methoxy groups -OCH3 is 1. The monoisotopic (exact) mass is 256 g/mol. The van der Waals surface area contributed by atoms with Crippen molar-refractivity contribution in [3.8, 4) is 5.75 Å². The molecule has 0 fully saturated rings. The normalized spacial score (nSPS) is 9.89. The third-order valence-corrected chi connectivity index (χ3v) is 2.19. The second-order valence-electron chi connectivity index (χ2n) is 3.48. The second kappa shape index (κ2) is 6.58. The zero-order valence-corrected chi connectivity index (χ0v) is 9.81. The molecule has 0 aliphatic rings. The number of carbonyl (C=O) groups is 2. The molecule has 0 saturated carbocycles. The van der Waals surface area contributed by atoms with Crippen molar-refractivity contribution in [3.63, 3.8) is 0 Å². The first-order valence-electron chi connectivity index (χ1n) is 5.27. The number of ether oxygens (including phenoxy) is 2. The van der Waals surface area contributed by atoms with Crippen LogP contribution in [-0.4, -0.2) is 30.8 Å². The lowest BCUT2D eigenvalue weighted by Gasteiger charge is -2.07. The first kappa shape index (κ1) is 14.0. The van der Waals surface area contributed by atoms with Gasteiger partial charge in [-0.3, -0.25) is 4.79 Å². The molecule has 0 aliphatic heterocycles. The van der Waals surface area contributed by atoms with Crippen LogP contribution in [0.15, 0.2) is 18.2 Å². The van der Waals surface area contributed by atoms with Crippen LogP contribution in [0.4, 0.5) is 4.39 Å². The number of aromatic carboxylic acids is 1. The van der Waals surface area contributed by atoms with Crippen LogP contribution >= 0.6 is 0 Å². The molecule has 0 spiro atoms. The molecule has 0 saturated heterocycles. The van der Waals surface area contributed by atoms with Gasteiger partial charge >= 0.3 is 11.9 Å². The first-order valence-corrected chi connectivity index (χ1v) is 5.27. The average Bonchev–Trinajstić information content (AvgIpc) is 2.35. The number of hydrogen-bond acceptors (Lipinski definition) is 4. The molecule has 0 heterocycles. The van der Waals surface area contributed by atoms with Crippen molar-refractivity contribution < 1.29 is 28.6 Å². The van der Waals surface area contributed by atoms with Crippen molar-refractivity contribution in [3.05, 3.63) is 29.6 Å². The summed E-state index contributed by atoms with van der Waals surface area (Å²) in [6, 6.07) is 3.38. The summed E-state index contributed by atoms with van der Waals surface area (Å²) < 4.78 is 22.9. The second-order valence-corrected chi connectivity index (χ2v) is 3.48. The summed E-state index contributed by atoms with van der Waals surface area (Å²) in [4.78, 5) is 21.4. The molecule has 98 valence electrons. The molecule has 6 heteroatoms. The van der Waals surface area contributed by atoms with Gasteiger partial charge in [-0.15, -0.1) is 0 Å². The number of carbonyl (C=O) groups excluding carboxylic acids is 1. The highest BCUT2D eigenvalue weighted by Crippen LogP contribution is 2.18. The molecule has 0 atom stereocenters. The van der Waals surface area contributed by atoms with E-state index >= 15 is 0 Å². The molecule has 1 N–H and O–H groups in total. The van der Waals surface area contributed by atoms with E-state index in [1.54, 1.807) is 0 Å². The molecule has 0 amide bonds. The van der Waals surface area contributed by atoms with Gasteiger partial charge in [-0.25, -0.2) is 9.18 Å². The van der Waals surface area contributed by atoms with Gasteiger partial charge in [-0.1, -0.05) is 0 Å². The molecule has 5 nitrogen and oxygen atoms in total. The van der Waals surface area contributed by atoms with E-state index in [1.807, 2.05) is 0 Å². The van der Waals surface area contributed by atoms with Crippen molar-refractivity contribution in [2.45, 2.75) is 12.8 Å². The SMILES string of the molecule is COC(=O)CCCOc1ccc(C(=O)O)cc1F. The van der Waals surface area contributed by atoms with Crippen molar-refractivity contribution in [2.75, 3.05) is 13.7 Å². The highest BCUT2D eigenvalue weighted by atomic mass is 19.1. The first-order chi connectivity index (χ1) is 8.54. The Morgan fingerprint density at radius 3 is 2.67 bits per heavy atom. The number of esters is 1. The van der Waals surface area contributed by atoms with Gasteiger partial charge in [0, 0.05) is 6.42 Å². The summed E-state index contributed by atoms with van der Waals surface area (Å²) >= 11 is 0. The Balaban J connectivity index is 2.48. The zero-order valence-electron chi connectivity index (χ0n) is 9.81. The van der Waals surface area contributed by atoms with Crippen LogP contribution in [0.5, 0.6) is 5.75 Å². The van der Waals surface area contributed by atoms with E-state index in [4.69, 9.17) is 9.84 Å². The number of hydrogen-bond donors (Lipinski definition) is 1. The summed E-state index contributed by atoms with van der Waals surface area (Å²) in [7, 11) is 1.29. The van der Waals surface area contributed by atoms with Crippen LogP contribution in [0, 0.1) is 5.82 Å². The smallest absolute Gasteiger partial charge is 0.335 e. The van der Waals surface area contributed by atoms with Crippen LogP contribution < -0.4 is 4.74 Å². The molecule has 1 aromatic rings. The van der Waals surface area contributed by atoms with E-state index in [1.165, 1.54) is 19.2 Å². The van der Waals surface area contributed by atoms with Gasteiger partial charge < -0.3 is 14.6 Å². The Kier molecular flexibility index (Phi) is 5.10. The maximum atomic E-state index is 13.4. The largest absolute Gasteiger partial charge is 0.491 e. The Morgan fingerprint density at radius 1 is 1.39 bits per heavy atom. The lowest BCUT2D eigenvalue weighted by molar-refractivity contribution is -0.140. The number of halogens is 1. The Hall–Kier alpha value is -2.11. The molecule has 0 unspecified atom stereocenters. The summed E-state index contributed by atoms with van der Waals surface area (Å²) in [6.07, 6.45) is 0.581. The summed E-state index contributed by atoms with van der Waals surface area (Å²) in [5.74, 6) is -2.34. The fraction of sp³-hybridized carbons (Fsp3) is 0.333. The minimum absolute atomic E-state index is 0.0372. The van der Waals surface area contributed by atoms with Gasteiger partial charge in [0.05, 0.1) is 19.3 Å². The van der Waals surface area contributed by atoms with Gasteiger partial charge in [0.15, 0.2) is 11.6 Å². The zero-order chi connectivity index (χ0) is 13.5. The van der Waals surface area contributed by atoms with E-state index in [0.29, 0.717) is 6.42 Å². The third-order valence-electron chi connectivity index (χ3n) is 2.19. The molecule has 18 heavy (non-hydrogen) atoms. The molecule has 0 bridgehead atoms. The number of carboxylic acids is 1. The molecular formula is C12H13FO5.